The van der Waals surface area contributed by atoms with E-state index in [2.05, 4.69) is 20.7 Å². The normalized spacial score (nSPS) is 9.17. The van der Waals surface area contributed by atoms with E-state index in [0.717, 1.165) is 13.2 Å². The summed E-state index contributed by atoms with van der Waals surface area (Å²) in [6, 6.07) is 0.761. The summed E-state index contributed by atoms with van der Waals surface area (Å²) in [5.74, 6) is -3.37. The van der Waals surface area contributed by atoms with Gasteiger partial charge in [-0.1, -0.05) is 13.8 Å². The number of halogens is 2. The lowest BCUT2D eigenvalue weighted by Crippen LogP contribution is -2.07. The Morgan fingerprint density at radius 1 is 1.56 bits per heavy atom. The van der Waals surface area contributed by atoms with Gasteiger partial charge in [-0.15, -0.1) is 0 Å². The SMILES string of the molecule is CC.COC(=O)c1c(O)c(Br)cc([N+](=O)[O-])c1F. The third-order valence-corrected chi connectivity index (χ3v) is 2.36. The molecule has 0 aliphatic carbocycles. The Morgan fingerprint density at radius 2 is 2.06 bits per heavy atom. The molecule has 0 fully saturated rings. The summed E-state index contributed by atoms with van der Waals surface area (Å²) in [6.45, 7) is 4.00. The first-order chi connectivity index (χ1) is 8.40. The summed E-state index contributed by atoms with van der Waals surface area (Å²) in [5.41, 5.74) is -1.80. The first-order valence-corrected chi connectivity index (χ1v) is 5.63. The monoisotopic (exact) mass is 323 g/mol. The minimum Gasteiger partial charge on any atom is -0.506 e. The largest absolute Gasteiger partial charge is 0.506 e. The van der Waals surface area contributed by atoms with E-state index >= 15 is 0 Å². The van der Waals surface area contributed by atoms with Crippen LogP contribution in [0.5, 0.6) is 5.75 Å². The van der Waals surface area contributed by atoms with Crippen molar-refractivity contribution < 1.29 is 24.0 Å². The number of methoxy groups -OCH3 is 1. The van der Waals surface area contributed by atoms with E-state index in [1.165, 1.54) is 0 Å². The molecule has 8 heteroatoms. The second-order valence-corrected chi connectivity index (χ2v) is 3.52. The van der Waals surface area contributed by atoms with E-state index in [-0.39, 0.29) is 4.47 Å². The van der Waals surface area contributed by atoms with Crippen molar-refractivity contribution in [1.29, 1.82) is 0 Å². The smallest absolute Gasteiger partial charge is 0.344 e. The van der Waals surface area contributed by atoms with Crippen molar-refractivity contribution in [2.75, 3.05) is 7.11 Å². The third kappa shape index (κ3) is 3.16. The minimum atomic E-state index is -1.43. The fourth-order valence-electron chi connectivity index (χ4n) is 1.02. The summed E-state index contributed by atoms with van der Waals surface area (Å²) in [7, 11) is 0.966. The molecule has 0 saturated carbocycles. The maximum atomic E-state index is 13.5. The molecule has 6 nitrogen and oxygen atoms in total. The van der Waals surface area contributed by atoms with Crippen molar-refractivity contribution in [3.05, 3.63) is 32.0 Å². The molecular formula is C10H11BrFNO5. The van der Waals surface area contributed by atoms with Crippen LogP contribution in [-0.4, -0.2) is 23.1 Å². The highest BCUT2D eigenvalue weighted by Gasteiger charge is 2.28. The van der Waals surface area contributed by atoms with Gasteiger partial charge in [0.25, 0.3) is 0 Å². The van der Waals surface area contributed by atoms with Crippen molar-refractivity contribution in [1.82, 2.24) is 0 Å². The Balaban J connectivity index is 0.00000137. The maximum Gasteiger partial charge on any atom is 0.344 e. The highest BCUT2D eigenvalue weighted by Crippen LogP contribution is 2.35. The van der Waals surface area contributed by atoms with Crippen LogP contribution in [0.15, 0.2) is 10.5 Å². The standard InChI is InChI=1S/C8H5BrFNO5.C2H6/c1-16-8(13)5-6(10)4(11(14)15)2-3(9)7(5)12;1-2/h2,12H,1H3;1-2H3. The van der Waals surface area contributed by atoms with Gasteiger partial charge in [-0.2, -0.15) is 4.39 Å². The number of carbonyl (C=O) groups is 1. The van der Waals surface area contributed by atoms with Crippen LogP contribution in [-0.2, 0) is 4.74 Å². The zero-order valence-corrected chi connectivity index (χ0v) is 11.4. The fourth-order valence-corrected chi connectivity index (χ4v) is 1.44. The molecular weight excluding hydrogens is 313 g/mol. The molecule has 0 spiro atoms. The van der Waals surface area contributed by atoms with E-state index < -0.39 is 33.7 Å². The Hall–Kier alpha value is -1.70. The molecule has 0 aliphatic heterocycles. The number of rotatable bonds is 2. The molecule has 0 aromatic heterocycles. The highest BCUT2D eigenvalue weighted by atomic mass is 79.9. The molecule has 100 valence electrons. The molecule has 1 aromatic rings. The van der Waals surface area contributed by atoms with E-state index in [1.807, 2.05) is 13.8 Å². The second-order valence-electron chi connectivity index (χ2n) is 2.66. The molecule has 0 atom stereocenters. The number of phenols is 1. The Bertz CT molecular complexity index is 478. The lowest BCUT2D eigenvalue weighted by Gasteiger charge is -2.06. The number of phenolic OH excluding ortho intramolecular Hbond substituents is 1. The molecule has 0 heterocycles. The predicted molar refractivity (Wildman–Crippen MR) is 65.1 cm³/mol. The first kappa shape index (κ1) is 16.3. The highest BCUT2D eigenvalue weighted by molar-refractivity contribution is 9.10. The number of aromatic hydroxyl groups is 1. The maximum absolute atomic E-state index is 13.5. The molecule has 1 aromatic carbocycles. The molecule has 0 unspecified atom stereocenters. The zero-order chi connectivity index (χ0) is 14.5. The fraction of sp³-hybridized carbons (Fsp3) is 0.300. The second kappa shape index (κ2) is 6.90. The molecule has 1 rings (SSSR count). The van der Waals surface area contributed by atoms with Crippen molar-refractivity contribution in [3.8, 4) is 5.75 Å². The lowest BCUT2D eigenvalue weighted by atomic mass is 10.1. The number of nitrogens with zero attached hydrogens (tertiary/aromatic N) is 1. The van der Waals surface area contributed by atoms with Gasteiger partial charge in [0.15, 0.2) is 0 Å². The van der Waals surface area contributed by atoms with Crippen LogP contribution in [0.25, 0.3) is 0 Å². The summed E-state index contributed by atoms with van der Waals surface area (Å²) >= 11 is 2.77. The lowest BCUT2D eigenvalue weighted by molar-refractivity contribution is -0.387. The minimum absolute atomic E-state index is 0.166. The number of esters is 1. The van der Waals surface area contributed by atoms with Crippen LogP contribution >= 0.6 is 15.9 Å². The van der Waals surface area contributed by atoms with Crippen molar-refractivity contribution in [2.45, 2.75) is 13.8 Å². The van der Waals surface area contributed by atoms with Crippen LogP contribution in [0.3, 0.4) is 0 Å². The van der Waals surface area contributed by atoms with Crippen LogP contribution in [0.2, 0.25) is 0 Å². The number of nitro groups is 1. The van der Waals surface area contributed by atoms with Gasteiger partial charge in [0.05, 0.1) is 16.5 Å². The van der Waals surface area contributed by atoms with Crippen LogP contribution in [0.1, 0.15) is 24.2 Å². The molecule has 0 radical (unpaired) electrons. The summed E-state index contributed by atoms with van der Waals surface area (Å²) in [5, 5.41) is 19.8. The Kier molecular flexibility index (Phi) is 6.24. The van der Waals surface area contributed by atoms with E-state index in [0.29, 0.717) is 0 Å². The van der Waals surface area contributed by atoms with Crippen LogP contribution in [0, 0.1) is 15.9 Å². The average Bonchev–Trinajstić information content (AvgIpc) is 2.35. The summed E-state index contributed by atoms with van der Waals surface area (Å²) in [6.07, 6.45) is 0. The zero-order valence-electron chi connectivity index (χ0n) is 9.86. The van der Waals surface area contributed by atoms with E-state index in [9.17, 15) is 24.4 Å². The van der Waals surface area contributed by atoms with Gasteiger partial charge in [0.2, 0.25) is 5.82 Å². The molecule has 1 N–H and O–H groups in total. The van der Waals surface area contributed by atoms with Crippen molar-refractivity contribution >= 4 is 27.6 Å². The number of hydrogen-bond donors (Lipinski definition) is 1. The van der Waals surface area contributed by atoms with Gasteiger partial charge >= 0.3 is 11.7 Å². The van der Waals surface area contributed by atoms with Gasteiger partial charge in [-0.25, -0.2) is 4.79 Å². The van der Waals surface area contributed by atoms with Gasteiger partial charge in [-0.3, -0.25) is 10.1 Å². The van der Waals surface area contributed by atoms with Crippen molar-refractivity contribution in [3.63, 3.8) is 0 Å². The molecule has 0 saturated heterocycles. The summed E-state index contributed by atoms with van der Waals surface area (Å²) < 4.78 is 17.5. The van der Waals surface area contributed by atoms with Gasteiger partial charge < -0.3 is 9.84 Å². The third-order valence-electron chi connectivity index (χ3n) is 1.76. The predicted octanol–water partition coefficient (Wildman–Crippen LogP) is 3.01. The number of carbonyl (C=O) groups excluding carboxylic acids is 1. The quantitative estimate of drug-likeness (QED) is 0.513. The number of benzene rings is 1. The van der Waals surface area contributed by atoms with Gasteiger partial charge in [0, 0.05) is 6.07 Å². The van der Waals surface area contributed by atoms with E-state index in [1.54, 1.807) is 0 Å². The first-order valence-electron chi connectivity index (χ1n) is 4.83. The van der Waals surface area contributed by atoms with Crippen LogP contribution in [0.4, 0.5) is 10.1 Å². The summed E-state index contributed by atoms with van der Waals surface area (Å²) in [4.78, 5) is 20.6. The number of hydrogen-bond acceptors (Lipinski definition) is 5. The number of nitro benzene ring substituents is 1. The molecule has 0 aliphatic rings. The topological polar surface area (TPSA) is 89.7 Å². The molecule has 0 bridgehead atoms. The van der Waals surface area contributed by atoms with Crippen LogP contribution < -0.4 is 0 Å². The Labute approximate surface area is 111 Å². The van der Waals surface area contributed by atoms with Gasteiger partial charge in [-0.05, 0) is 15.9 Å². The average molecular weight is 324 g/mol. The molecule has 18 heavy (non-hydrogen) atoms. The Morgan fingerprint density at radius 3 is 2.44 bits per heavy atom. The van der Waals surface area contributed by atoms with Gasteiger partial charge in [0.1, 0.15) is 11.3 Å². The molecule has 0 amide bonds. The number of ether oxygens (including phenoxy) is 1. The van der Waals surface area contributed by atoms with Crippen molar-refractivity contribution in [2.24, 2.45) is 0 Å². The van der Waals surface area contributed by atoms with E-state index in [4.69, 9.17) is 0 Å².